The average molecular weight is 388 g/mol. The summed E-state index contributed by atoms with van der Waals surface area (Å²) in [6, 6.07) is 10.2. The van der Waals surface area contributed by atoms with Crippen LogP contribution in [0.5, 0.6) is 0 Å². The second kappa shape index (κ2) is 8.34. The van der Waals surface area contributed by atoms with Crippen molar-refractivity contribution < 1.29 is 4.43 Å². The number of benzene rings is 1. The summed E-state index contributed by atoms with van der Waals surface area (Å²) in [6.45, 7) is 14.2. The zero-order chi connectivity index (χ0) is 19.4. The summed E-state index contributed by atoms with van der Waals surface area (Å²) < 4.78 is 6.44. The van der Waals surface area contributed by atoms with Gasteiger partial charge < -0.3 is 9.74 Å². The molecule has 0 amide bonds. The fourth-order valence-corrected chi connectivity index (χ4v) is 4.55. The van der Waals surface area contributed by atoms with E-state index < -0.39 is 8.32 Å². The number of anilines is 1. The molecule has 0 saturated heterocycles. The molecule has 1 N–H and O–H groups in total. The monoisotopic (exact) mass is 387 g/mol. The lowest BCUT2D eigenvalue weighted by molar-refractivity contribution is 0.202. The average Bonchev–Trinajstić information content (AvgIpc) is 3.02. The van der Waals surface area contributed by atoms with Crippen molar-refractivity contribution >= 4 is 25.3 Å². The van der Waals surface area contributed by atoms with E-state index in [4.69, 9.17) is 9.69 Å². The Morgan fingerprint density at radius 2 is 1.92 bits per heavy atom. The molecule has 1 aromatic carbocycles. The van der Waals surface area contributed by atoms with Crippen LogP contribution in [0.4, 0.5) is 5.69 Å². The maximum Gasteiger partial charge on any atom is 0.193 e. The van der Waals surface area contributed by atoms with E-state index >= 15 is 0 Å². The van der Waals surface area contributed by atoms with Gasteiger partial charge in [0.25, 0.3) is 0 Å². The second-order valence-corrected chi connectivity index (χ2v) is 14.0. The summed E-state index contributed by atoms with van der Waals surface area (Å²) in [5.41, 5.74) is 2.09. The molecular formula is C20H29N3OSSi. The topological polar surface area (TPSA) is 57.9 Å². The van der Waals surface area contributed by atoms with E-state index in [1.54, 1.807) is 11.3 Å². The van der Waals surface area contributed by atoms with Crippen LogP contribution in [0, 0.1) is 11.3 Å². The molecule has 2 aromatic rings. The molecule has 1 heterocycles. The van der Waals surface area contributed by atoms with E-state index in [0.29, 0.717) is 6.42 Å². The highest BCUT2D eigenvalue weighted by Gasteiger charge is 2.39. The van der Waals surface area contributed by atoms with Gasteiger partial charge in [0.2, 0.25) is 0 Å². The summed E-state index contributed by atoms with van der Waals surface area (Å²) in [5, 5.41) is 13.4. The minimum atomic E-state index is -1.80. The maximum atomic E-state index is 8.72. The fraction of sp³-hybridized carbons (Fsp3) is 0.500. The Bertz CT molecular complexity index is 757. The third-order valence-corrected chi connectivity index (χ3v) is 10.6. The van der Waals surface area contributed by atoms with Crippen LogP contribution < -0.4 is 5.32 Å². The number of nitriles is 1. The SMILES string of the molecule is C[C@@H](O[Si](C)(C)C(C)(C)C)c1ncc(CNc2ccc(CC#N)cc2)s1. The first-order valence-electron chi connectivity index (χ1n) is 8.94. The van der Waals surface area contributed by atoms with Crippen LogP contribution >= 0.6 is 11.3 Å². The van der Waals surface area contributed by atoms with Gasteiger partial charge in [-0.2, -0.15) is 5.26 Å². The Hall–Kier alpha value is -1.68. The molecule has 0 spiro atoms. The minimum absolute atomic E-state index is 0.0277. The highest BCUT2D eigenvalue weighted by Crippen LogP contribution is 2.40. The lowest BCUT2D eigenvalue weighted by atomic mass is 10.1. The van der Waals surface area contributed by atoms with Gasteiger partial charge in [0.05, 0.1) is 25.1 Å². The van der Waals surface area contributed by atoms with Crippen molar-refractivity contribution in [1.82, 2.24) is 4.98 Å². The lowest BCUT2D eigenvalue weighted by Crippen LogP contribution is -2.41. The minimum Gasteiger partial charge on any atom is -0.408 e. The number of hydrogen-bond donors (Lipinski definition) is 1. The summed E-state index contributed by atoms with van der Waals surface area (Å²) >= 11 is 1.70. The smallest absolute Gasteiger partial charge is 0.193 e. The molecule has 1 aromatic heterocycles. The molecule has 0 aliphatic heterocycles. The van der Waals surface area contributed by atoms with E-state index in [-0.39, 0.29) is 11.1 Å². The van der Waals surface area contributed by atoms with Crippen LogP contribution in [0.25, 0.3) is 0 Å². The third kappa shape index (κ3) is 5.40. The first-order chi connectivity index (χ1) is 12.1. The van der Waals surface area contributed by atoms with E-state index in [0.717, 1.165) is 22.8 Å². The number of rotatable bonds is 7. The number of nitrogens with zero attached hydrogens (tertiary/aromatic N) is 2. The molecule has 0 bridgehead atoms. The first kappa shape index (κ1) is 20.6. The number of thiazole rings is 1. The molecule has 1 atom stereocenters. The van der Waals surface area contributed by atoms with Gasteiger partial charge >= 0.3 is 0 Å². The first-order valence-corrected chi connectivity index (χ1v) is 12.7. The van der Waals surface area contributed by atoms with E-state index in [1.807, 2.05) is 30.5 Å². The van der Waals surface area contributed by atoms with Crippen molar-refractivity contribution in [1.29, 1.82) is 5.26 Å². The molecule has 0 saturated carbocycles. The molecule has 0 fully saturated rings. The van der Waals surface area contributed by atoms with Crippen LogP contribution in [0.3, 0.4) is 0 Å². The quantitative estimate of drug-likeness (QED) is 0.600. The summed E-state index contributed by atoms with van der Waals surface area (Å²) in [4.78, 5) is 5.76. The normalized spacial score (nSPS) is 13.3. The largest absolute Gasteiger partial charge is 0.408 e. The molecule has 2 rings (SSSR count). The predicted molar refractivity (Wildman–Crippen MR) is 112 cm³/mol. The van der Waals surface area contributed by atoms with E-state index in [9.17, 15) is 0 Å². The molecule has 0 radical (unpaired) electrons. The van der Waals surface area contributed by atoms with Crippen LogP contribution in [0.15, 0.2) is 30.5 Å². The van der Waals surface area contributed by atoms with E-state index in [2.05, 4.69) is 57.2 Å². The number of aromatic nitrogens is 1. The Morgan fingerprint density at radius 1 is 1.27 bits per heavy atom. The molecule has 4 nitrogen and oxygen atoms in total. The molecule has 6 heteroatoms. The molecule has 0 aliphatic rings. The summed E-state index contributed by atoms with van der Waals surface area (Å²) in [5.74, 6) is 0. The molecule has 140 valence electrons. The fourth-order valence-electron chi connectivity index (χ4n) is 2.28. The van der Waals surface area contributed by atoms with Gasteiger partial charge in [-0.1, -0.05) is 32.9 Å². The molecule has 26 heavy (non-hydrogen) atoms. The Kier molecular flexibility index (Phi) is 6.62. The zero-order valence-electron chi connectivity index (χ0n) is 16.6. The maximum absolute atomic E-state index is 8.72. The molecule has 0 unspecified atom stereocenters. The van der Waals surface area contributed by atoms with Gasteiger partial charge in [-0.15, -0.1) is 11.3 Å². The van der Waals surface area contributed by atoms with Gasteiger partial charge in [0.15, 0.2) is 8.32 Å². The summed E-state index contributed by atoms with van der Waals surface area (Å²) in [7, 11) is -1.80. The van der Waals surface area contributed by atoms with Crippen molar-refractivity contribution in [3.05, 3.63) is 45.9 Å². The van der Waals surface area contributed by atoms with Crippen molar-refractivity contribution in [3.63, 3.8) is 0 Å². The van der Waals surface area contributed by atoms with Crippen molar-refractivity contribution in [3.8, 4) is 6.07 Å². The lowest BCUT2D eigenvalue weighted by Gasteiger charge is -2.38. The Labute approximate surface area is 162 Å². The van der Waals surface area contributed by atoms with Crippen molar-refractivity contribution in [2.24, 2.45) is 0 Å². The van der Waals surface area contributed by atoms with Crippen LogP contribution in [0.2, 0.25) is 18.1 Å². The van der Waals surface area contributed by atoms with E-state index in [1.165, 1.54) is 4.88 Å². The highest BCUT2D eigenvalue weighted by atomic mass is 32.1. The predicted octanol–water partition coefficient (Wildman–Crippen LogP) is 5.90. The zero-order valence-corrected chi connectivity index (χ0v) is 18.4. The van der Waals surface area contributed by atoms with Crippen LogP contribution in [-0.4, -0.2) is 13.3 Å². The van der Waals surface area contributed by atoms with Crippen LogP contribution in [0.1, 0.15) is 49.2 Å². The Morgan fingerprint density at radius 3 is 2.50 bits per heavy atom. The number of nitrogens with one attached hydrogen (secondary N) is 1. The van der Waals surface area contributed by atoms with Gasteiger partial charge in [0.1, 0.15) is 5.01 Å². The molecular weight excluding hydrogens is 358 g/mol. The second-order valence-electron chi connectivity index (χ2n) is 8.07. The third-order valence-electron chi connectivity index (χ3n) is 4.90. The Balaban J connectivity index is 1.94. The van der Waals surface area contributed by atoms with Gasteiger partial charge in [-0.25, -0.2) is 4.98 Å². The van der Waals surface area contributed by atoms with Crippen molar-refractivity contribution in [2.45, 2.75) is 64.9 Å². The van der Waals surface area contributed by atoms with Gasteiger partial charge in [0, 0.05) is 16.8 Å². The van der Waals surface area contributed by atoms with Gasteiger partial charge in [-0.3, -0.25) is 0 Å². The van der Waals surface area contributed by atoms with Crippen molar-refractivity contribution in [2.75, 3.05) is 5.32 Å². The van der Waals surface area contributed by atoms with Crippen LogP contribution in [-0.2, 0) is 17.4 Å². The standard InChI is InChI=1S/C20H29N3OSSi/c1-15(24-26(5,6)20(2,3)4)19-23-14-18(25-19)13-22-17-9-7-16(8-10-17)11-12-21/h7-10,14-15,22H,11,13H2,1-6H3/t15-/m1/s1. The highest BCUT2D eigenvalue weighted by molar-refractivity contribution is 7.11. The number of hydrogen-bond acceptors (Lipinski definition) is 5. The summed E-state index contributed by atoms with van der Waals surface area (Å²) in [6.07, 6.45) is 2.41. The van der Waals surface area contributed by atoms with Gasteiger partial charge in [-0.05, 0) is 42.8 Å². The molecule has 0 aliphatic carbocycles.